The third-order valence-electron chi connectivity index (χ3n) is 5.97. The van der Waals surface area contributed by atoms with E-state index in [1.165, 1.54) is 24.1 Å². The van der Waals surface area contributed by atoms with E-state index in [1.54, 1.807) is 11.3 Å². The fraction of sp³-hybridized carbons (Fsp3) is 0.529. The second-order valence-electron chi connectivity index (χ2n) is 7.35. The van der Waals surface area contributed by atoms with Crippen molar-refractivity contribution in [2.75, 3.05) is 19.6 Å². The van der Waals surface area contributed by atoms with Crippen LogP contribution in [0.15, 0.2) is 29.3 Å². The number of rotatable bonds is 1. The van der Waals surface area contributed by atoms with Gasteiger partial charge in [0.15, 0.2) is 16.6 Å². The first-order valence-electron chi connectivity index (χ1n) is 8.42. The van der Waals surface area contributed by atoms with Crippen molar-refractivity contribution >= 4 is 27.4 Å². The van der Waals surface area contributed by atoms with E-state index in [9.17, 15) is 0 Å². The first-order valence-corrected chi connectivity index (χ1v) is 9.24. The third kappa shape index (κ3) is 1.69. The highest BCUT2D eigenvalue weighted by molar-refractivity contribution is 7.20. The molecule has 4 aliphatic heterocycles. The van der Waals surface area contributed by atoms with Gasteiger partial charge in [-0.05, 0) is 30.9 Å². The van der Waals surface area contributed by atoms with Gasteiger partial charge in [-0.25, -0.2) is 20.3 Å². The molecule has 2 aromatic rings. The normalized spacial score (nSPS) is 40.8. The van der Waals surface area contributed by atoms with Crippen LogP contribution in [0.1, 0.15) is 17.8 Å². The molecule has 5 nitrogen and oxygen atoms in total. The van der Waals surface area contributed by atoms with E-state index < -0.39 is 0 Å². The number of hydrogen-bond donors (Lipinski definition) is 1. The molecule has 1 aliphatic carbocycles. The molecule has 1 aromatic heterocycles. The van der Waals surface area contributed by atoms with Crippen LogP contribution >= 0.6 is 11.3 Å². The number of aliphatic imine (C=N–C) groups is 1. The van der Waals surface area contributed by atoms with Gasteiger partial charge in [0, 0.05) is 31.5 Å². The monoisotopic (exact) mass is 326 g/mol. The molecule has 3 saturated heterocycles. The van der Waals surface area contributed by atoms with Gasteiger partial charge in [0.2, 0.25) is 0 Å². The van der Waals surface area contributed by atoms with E-state index in [4.69, 9.17) is 14.8 Å². The maximum Gasteiger partial charge on any atom is 0.195 e. The van der Waals surface area contributed by atoms with Gasteiger partial charge in [0.05, 0.1) is 10.2 Å². The minimum absolute atomic E-state index is 0.347. The third-order valence-corrected chi connectivity index (χ3v) is 7.02. The summed E-state index contributed by atoms with van der Waals surface area (Å²) in [6.07, 6.45) is 2.51. The first-order chi connectivity index (χ1) is 11.3. The summed E-state index contributed by atoms with van der Waals surface area (Å²) in [5.74, 6) is 2.72. The number of nitrogens with one attached hydrogen (secondary N) is 1. The van der Waals surface area contributed by atoms with Gasteiger partial charge in [-0.3, -0.25) is 0 Å². The van der Waals surface area contributed by atoms with E-state index in [2.05, 4.69) is 28.6 Å². The molecule has 2 unspecified atom stereocenters. The molecule has 0 amide bonds. The van der Waals surface area contributed by atoms with Crippen molar-refractivity contribution in [3.05, 3.63) is 29.3 Å². The molecule has 118 valence electrons. The average Bonchev–Trinajstić information content (AvgIpc) is 3.17. The molecule has 6 heteroatoms. The zero-order valence-electron chi connectivity index (χ0n) is 12.7. The number of hydrogen-bond acceptors (Lipinski definition) is 6. The van der Waals surface area contributed by atoms with Crippen LogP contribution in [0.3, 0.4) is 0 Å². The van der Waals surface area contributed by atoms with Crippen LogP contribution in [-0.4, -0.2) is 41.1 Å². The predicted molar refractivity (Wildman–Crippen MR) is 89.3 cm³/mol. The van der Waals surface area contributed by atoms with Crippen molar-refractivity contribution < 1.29 is 4.84 Å². The highest BCUT2D eigenvalue weighted by Gasteiger charge is 2.60. The summed E-state index contributed by atoms with van der Waals surface area (Å²) in [7, 11) is 0. The lowest BCUT2D eigenvalue weighted by atomic mass is 9.63. The van der Waals surface area contributed by atoms with Gasteiger partial charge in [-0.15, -0.1) is 11.3 Å². The van der Waals surface area contributed by atoms with E-state index in [0.717, 1.165) is 35.4 Å². The molecule has 5 aliphatic rings. The molecule has 2 atom stereocenters. The molecular weight excluding hydrogens is 308 g/mol. The number of aromatic nitrogens is 1. The molecule has 0 radical (unpaired) electrons. The number of para-hydroxylation sites is 1. The quantitative estimate of drug-likeness (QED) is 0.873. The highest BCUT2D eigenvalue weighted by Crippen LogP contribution is 2.52. The second-order valence-corrected chi connectivity index (χ2v) is 8.38. The molecule has 1 saturated carbocycles. The second kappa shape index (κ2) is 4.32. The fourth-order valence-corrected chi connectivity index (χ4v) is 6.01. The topological polar surface area (TPSA) is 49.8 Å². The maximum atomic E-state index is 6.17. The van der Waals surface area contributed by atoms with E-state index in [-0.39, 0.29) is 5.72 Å². The molecule has 4 fully saturated rings. The summed E-state index contributed by atoms with van der Waals surface area (Å²) >= 11 is 1.68. The Bertz CT molecular complexity index is 768. The number of benzene rings is 1. The lowest BCUT2D eigenvalue weighted by Crippen LogP contribution is -2.66. The van der Waals surface area contributed by atoms with Crippen molar-refractivity contribution in [1.82, 2.24) is 15.4 Å². The summed E-state index contributed by atoms with van der Waals surface area (Å²) in [5, 5.41) is 0.942. The van der Waals surface area contributed by atoms with E-state index in [1.807, 2.05) is 6.07 Å². The van der Waals surface area contributed by atoms with Crippen LogP contribution in [-0.2, 0) is 4.84 Å². The van der Waals surface area contributed by atoms with Crippen LogP contribution in [0.5, 0.6) is 0 Å². The van der Waals surface area contributed by atoms with Crippen LogP contribution in [0.2, 0.25) is 0 Å². The number of piperidine rings is 3. The Hall–Kier alpha value is -1.50. The Balaban J connectivity index is 1.42. The van der Waals surface area contributed by atoms with Gasteiger partial charge in [-0.1, -0.05) is 12.1 Å². The zero-order chi connectivity index (χ0) is 15.0. The van der Waals surface area contributed by atoms with Crippen molar-refractivity contribution in [2.24, 2.45) is 22.7 Å². The number of hydroxylamine groups is 1. The molecule has 1 spiro atoms. The van der Waals surface area contributed by atoms with Crippen LogP contribution in [0, 0.1) is 17.8 Å². The van der Waals surface area contributed by atoms with Gasteiger partial charge < -0.3 is 4.90 Å². The van der Waals surface area contributed by atoms with Crippen molar-refractivity contribution in [3.8, 4) is 0 Å². The summed E-state index contributed by atoms with van der Waals surface area (Å²) in [6, 6.07) is 8.24. The predicted octanol–water partition coefficient (Wildman–Crippen LogP) is 2.25. The minimum Gasteiger partial charge on any atom is -0.302 e. The summed E-state index contributed by atoms with van der Waals surface area (Å²) < 4.78 is 1.20. The molecule has 1 N–H and O–H groups in total. The zero-order valence-corrected chi connectivity index (χ0v) is 13.6. The van der Waals surface area contributed by atoms with Crippen LogP contribution in [0.25, 0.3) is 10.2 Å². The lowest BCUT2D eigenvalue weighted by molar-refractivity contribution is -0.212. The largest absolute Gasteiger partial charge is 0.302 e. The fourth-order valence-electron chi connectivity index (χ4n) is 5.11. The molecular formula is C17H18N4OS. The van der Waals surface area contributed by atoms with Crippen LogP contribution in [0.4, 0.5) is 0 Å². The molecule has 4 bridgehead atoms. The van der Waals surface area contributed by atoms with Crippen molar-refractivity contribution in [3.63, 3.8) is 0 Å². The van der Waals surface area contributed by atoms with Crippen molar-refractivity contribution in [2.45, 2.75) is 18.6 Å². The van der Waals surface area contributed by atoms with Gasteiger partial charge in [-0.2, -0.15) is 0 Å². The number of nitrogens with zero attached hydrogens (tertiary/aromatic N) is 3. The Morgan fingerprint density at radius 1 is 1.17 bits per heavy atom. The number of fused-ring (bicyclic) bond motifs is 1. The number of amidine groups is 1. The Morgan fingerprint density at radius 3 is 2.78 bits per heavy atom. The first kappa shape index (κ1) is 12.9. The van der Waals surface area contributed by atoms with Crippen LogP contribution < -0.4 is 5.48 Å². The highest BCUT2D eigenvalue weighted by atomic mass is 32.1. The van der Waals surface area contributed by atoms with E-state index in [0.29, 0.717) is 11.8 Å². The molecule has 5 heterocycles. The smallest absolute Gasteiger partial charge is 0.195 e. The Kier molecular flexibility index (Phi) is 2.41. The summed E-state index contributed by atoms with van der Waals surface area (Å²) in [5.41, 5.74) is 3.82. The molecule has 23 heavy (non-hydrogen) atoms. The maximum absolute atomic E-state index is 6.17. The standard InChI is InChI=1S/C17H18N4OS/c1-2-4-14-13(3-1)18-16(23-14)15-19-17(22-20-15)11-5-10-6-12(17)9-21(7-10)8-11/h1-4,10-12H,5-9H2,(H,19,20). The summed E-state index contributed by atoms with van der Waals surface area (Å²) in [4.78, 5) is 18.6. The Morgan fingerprint density at radius 2 is 2.00 bits per heavy atom. The van der Waals surface area contributed by atoms with Gasteiger partial charge in [0.1, 0.15) is 0 Å². The lowest BCUT2D eigenvalue weighted by Gasteiger charge is -2.58. The van der Waals surface area contributed by atoms with E-state index >= 15 is 0 Å². The molecule has 7 rings (SSSR count). The number of thiazole rings is 1. The van der Waals surface area contributed by atoms with Gasteiger partial charge >= 0.3 is 0 Å². The molecule has 1 aromatic carbocycles. The SMILES string of the molecule is c1ccc2sc(C3=NC4(ON3)C3CC5CC4CN(C5)C3)nc2c1. The average molecular weight is 326 g/mol. The Labute approximate surface area is 138 Å². The minimum atomic E-state index is -0.347. The van der Waals surface area contributed by atoms with Gasteiger partial charge in [0.25, 0.3) is 0 Å². The summed E-state index contributed by atoms with van der Waals surface area (Å²) in [6.45, 7) is 3.54. The van der Waals surface area contributed by atoms with Crippen molar-refractivity contribution in [1.29, 1.82) is 0 Å².